The van der Waals surface area contributed by atoms with Crippen LogP contribution in [0.3, 0.4) is 0 Å². The van der Waals surface area contributed by atoms with Gasteiger partial charge in [-0.1, -0.05) is 12.1 Å². The molecule has 2 unspecified atom stereocenters. The zero-order valence-electron chi connectivity index (χ0n) is 8.88. The third-order valence-corrected chi connectivity index (χ3v) is 3.93. The summed E-state index contributed by atoms with van der Waals surface area (Å²) in [4.78, 5) is 21.3. The highest BCUT2D eigenvalue weighted by Crippen LogP contribution is 2.23. The summed E-state index contributed by atoms with van der Waals surface area (Å²) in [6, 6.07) is 5.75. The number of carbonyl (C=O) groups is 1. The van der Waals surface area contributed by atoms with Crippen molar-refractivity contribution in [3.8, 4) is 0 Å². The molecule has 1 aromatic carbocycles. The average molecular weight is 241 g/mol. The van der Waals surface area contributed by atoms with Crippen LogP contribution in [0.5, 0.6) is 0 Å². The van der Waals surface area contributed by atoms with E-state index < -0.39 is 21.0 Å². The van der Waals surface area contributed by atoms with Crippen LogP contribution in [-0.2, 0) is 15.6 Å². The maximum atomic E-state index is 11.9. The second-order valence-corrected chi connectivity index (χ2v) is 5.02. The Labute approximate surface area is 95.1 Å². The molecule has 0 radical (unpaired) electrons. The number of rotatable bonds is 4. The fourth-order valence-electron chi connectivity index (χ4n) is 1.12. The first-order valence-electron chi connectivity index (χ1n) is 4.59. The Morgan fingerprint density at radius 2 is 2.00 bits per heavy atom. The van der Waals surface area contributed by atoms with Gasteiger partial charge in [0.1, 0.15) is 10.7 Å². The number of benzene rings is 1. The topological polar surface area (TPSA) is 77.3 Å². The molecule has 0 fully saturated rings. The van der Waals surface area contributed by atoms with Crippen molar-refractivity contribution >= 4 is 22.3 Å². The van der Waals surface area contributed by atoms with E-state index in [0.29, 0.717) is 0 Å². The summed E-state index contributed by atoms with van der Waals surface area (Å²) in [5.74, 6) is -0.253. The van der Waals surface area contributed by atoms with E-state index in [9.17, 15) is 19.1 Å². The van der Waals surface area contributed by atoms with Crippen LogP contribution in [0.1, 0.15) is 13.8 Å². The third-order valence-electron chi connectivity index (χ3n) is 2.17. The summed E-state index contributed by atoms with van der Waals surface area (Å²) in [5, 5.41) is 9.97. The fourth-order valence-corrected chi connectivity index (χ4v) is 2.36. The number of nitrogens with zero attached hydrogens (tertiary/aromatic N) is 1. The lowest BCUT2D eigenvalue weighted by Gasteiger charge is -2.07. The van der Waals surface area contributed by atoms with Crippen LogP contribution >= 0.6 is 0 Å². The van der Waals surface area contributed by atoms with Crippen LogP contribution in [0.15, 0.2) is 29.2 Å². The van der Waals surface area contributed by atoms with Crippen molar-refractivity contribution in [2.24, 2.45) is 0 Å². The smallest absolute Gasteiger partial charge is 0.285 e. The summed E-state index contributed by atoms with van der Waals surface area (Å²) in [7, 11) is -1.68. The third kappa shape index (κ3) is 2.52. The second-order valence-electron chi connectivity index (χ2n) is 3.28. The second kappa shape index (κ2) is 4.98. The quantitative estimate of drug-likeness (QED) is 0.593. The first-order valence-corrected chi connectivity index (χ1v) is 5.81. The molecular formula is C10H11NO4S. The summed E-state index contributed by atoms with van der Waals surface area (Å²) < 4.78 is 11.9. The molecule has 6 heteroatoms. The molecule has 86 valence electrons. The van der Waals surface area contributed by atoms with Gasteiger partial charge in [-0.15, -0.1) is 0 Å². The highest BCUT2D eigenvalue weighted by atomic mass is 32.2. The molecule has 0 aliphatic heterocycles. The molecule has 2 atom stereocenters. The van der Waals surface area contributed by atoms with E-state index in [1.165, 1.54) is 32.0 Å². The van der Waals surface area contributed by atoms with Crippen molar-refractivity contribution in [2.75, 3.05) is 0 Å². The van der Waals surface area contributed by atoms with Crippen LogP contribution < -0.4 is 0 Å². The highest BCUT2D eigenvalue weighted by Gasteiger charge is 2.24. The van der Waals surface area contributed by atoms with E-state index in [1.807, 2.05) is 0 Å². The molecular weight excluding hydrogens is 230 g/mol. The summed E-state index contributed by atoms with van der Waals surface area (Å²) >= 11 is 0. The van der Waals surface area contributed by atoms with Crippen LogP contribution in [0.2, 0.25) is 0 Å². The van der Waals surface area contributed by atoms with E-state index in [1.54, 1.807) is 6.07 Å². The minimum Gasteiger partial charge on any atom is -0.299 e. The molecule has 0 aromatic heterocycles. The predicted molar refractivity (Wildman–Crippen MR) is 59.6 cm³/mol. The Hall–Kier alpha value is -1.56. The molecule has 0 aliphatic carbocycles. The van der Waals surface area contributed by atoms with Crippen LogP contribution in [0.4, 0.5) is 5.69 Å². The molecule has 1 aromatic rings. The monoisotopic (exact) mass is 241 g/mol. The predicted octanol–water partition coefficient (Wildman–Crippen LogP) is 1.68. The van der Waals surface area contributed by atoms with Gasteiger partial charge in [0.25, 0.3) is 5.69 Å². The number of Topliss-reactive ketones (excluding diaryl/α,β-unsaturated/α-hetero) is 1. The molecule has 16 heavy (non-hydrogen) atoms. The van der Waals surface area contributed by atoms with E-state index in [0.717, 1.165) is 0 Å². The van der Waals surface area contributed by atoms with Gasteiger partial charge < -0.3 is 0 Å². The summed E-state index contributed by atoms with van der Waals surface area (Å²) in [5.41, 5.74) is -0.214. The molecule has 0 saturated carbocycles. The van der Waals surface area contributed by atoms with Gasteiger partial charge in [0, 0.05) is 6.07 Å². The largest absolute Gasteiger partial charge is 0.299 e. The average Bonchev–Trinajstić information content (AvgIpc) is 2.26. The van der Waals surface area contributed by atoms with Crippen molar-refractivity contribution in [1.29, 1.82) is 0 Å². The Morgan fingerprint density at radius 3 is 2.50 bits per heavy atom. The normalized spacial score (nSPS) is 14.1. The standard InChI is InChI=1S/C10H11NO4S/c1-7(12)8(2)16(15)10-6-4-3-5-9(10)11(13)14/h3-6,8H,1-2H3. The number of nitro benzene ring substituents is 1. The Kier molecular flexibility index (Phi) is 3.89. The number of hydrogen-bond donors (Lipinski definition) is 0. The molecule has 0 heterocycles. The number of hydrogen-bond acceptors (Lipinski definition) is 4. The molecule has 0 aliphatic rings. The Balaban J connectivity index is 3.18. The van der Waals surface area contributed by atoms with E-state index in [4.69, 9.17) is 0 Å². The zero-order valence-corrected chi connectivity index (χ0v) is 9.69. The minimum absolute atomic E-state index is 0.0928. The first-order chi connectivity index (χ1) is 7.45. The molecule has 0 N–H and O–H groups in total. The Bertz CT molecular complexity index is 458. The van der Waals surface area contributed by atoms with Gasteiger partial charge in [-0.3, -0.25) is 19.1 Å². The van der Waals surface area contributed by atoms with Crippen LogP contribution in [0, 0.1) is 10.1 Å². The molecule has 1 rings (SSSR count). The molecule has 0 amide bonds. The minimum atomic E-state index is -1.68. The van der Waals surface area contributed by atoms with E-state index >= 15 is 0 Å². The SMILES string of the molecule is CC(=O)C(C)S(=O)c1ccccc1[N+](=O)[O-]. The van der Waals surface area contributed by atoms with Gasteiger partial charge in [0.05, 0.1) is 21.0 Å². The summed E-state index contributed by atoms with van der Waals surface area (Å²) in [6.45, 7) is 2.81. The van der Waals surface area contributed by atoms with E-state index in [-0.39, 0.29) is 16.4 Å². The fraction of sp³-hybridized carbons (Fsp3) is 0.300. The molecule has 0 bridgehead atoms. The lowest BCUT2D eigenvalue weighted by atomic mass is 10.3. The number of ketones is 1. The van der Waals surface area contributed by atoms with Crippen LogP contribution in [0.25, 0.3) is 0 Å². The first kappa shape index (κ1) is 12.5. The lowest BCUT2D eigenvalue weighted by Crippen LogP contribution is -2.20. The van der Waals surface area contributed by atoms with Crippen molar-refractivity contribution in [3.05, 3.63) is 34.4 Å². The van der Waals surface area contributed by atoms with Gasteiger partial charge in [0.2, 0.25) is 0 Å². The van der Waals surface area contributed by atoms with Gasteiger partial charge in [0.15, 0.2) is 0 Å². The highest BCUT2D eigenvalue weighted by molar-refractivity contribution is 7.86. The number of para-hydroxylation sites is 1. The molecule has 0 spiro atoms. The maximum absolute atomic E-state index is 11.9. The van der Waals surface area contributed by atoms with Crippen molar-refractivity contribution < 1.29 is 13.9 Å². The molecule has 0 saturated heterocycles. The zero-order chi connectivity index (χ0) is 12.3. The number of carbonyl (C=O) groups excluding carboxylic acids is 1. The lowest BCUT2D eigenvalue weighted by molar-refractivity contribution is -0.387. The van der Waals surface area contributed by atoms with E-state index in [2.05, 4.69) is 0 Å². The Morgan fingerprint density at radius 1 is 1.44 bits per heavy atom. The van der Waals surface area contributed by atoms with Crippen molar-refractivity contribution in [3.63, 3.8) is 0 Å². The maximum Gasteiger partial charge on any atom is 0.285 e. The number of nitro groups is 1. The van der Waals surface area contributed by atoms with Gasteiger partial charge in [-0.25, -0.2) is 0 Å². The van der Waals surface area contributed by atoms with Crippen molar-refractivity contribution in [1.82, 2.24) is 0 Å². The molecule has 5 nitrogen and oxygen atoms in total. The van der Waals surface area contributed by atoms with Gasteiger partial charge >= 0.3 is 0 Å². The summed E-state index contributed by atoms with van der Waals surface area (Å²) in [6.07, 6.45) is 0. The van der Waals surface area contributed by atoms with Gasteiger partial charge in [-0.05, 0) is 19.9 Å². The van der Waals surface area contributed by atoms with Crippen molar-refractivity contribution in [2.45, 2.75) is 24.0 Å². The van der Waals surface area contributed by atoms with Crippen LogP contribution in [-0.4, -0.2) is 20.2 Å². The van der Waals surface area contributed by atoms with Gasteiger partial charge in [-0.2, -0.15) is 0 Å².